The molecule has 0 bridgehead atoms. The Morgan fingerprint density at radius 1 is 1.33 bits per heavy atom. The van der Waals surface area contributed by atoms with Crippen LogP contribution in [0.2, 0.25) is 5.02 Å². The van der Waals surface area contributed by atoms with E-state index in [-0.39, 0.29) is 11.2 Å². The van der Waals surface area contributed by atoms with Gasteiger partial charge in [0.05, 0.1) is 16.2 Å². The average molecular weight is 286 g/mol. The van der Waals surface area contributed by atoms with E-state index < -0.39 is 0 Å². The molecule has 0 aromatic heterocycles. The summed E-state index contributed by atoms with van der Waals surface area (Å²) >= 11 is 7.99. The summed E-state index contributed by atoms with van der Waals surface area (Å²) < 4.78 is 6.10. The maximum Gasteiger partial charge on any atom is 0.0756 e. The van der Waals surface area contributed by atoms with Gasteiger partial charge in [0.25, 0.3) is 0 Å². The largest absolute Gasteiger partial charge is 0.399 e. The maximum absolute atomic E-state index is 6.22. The van der Waals surface area contributed by atoms with E-state index in [0.717, 1.165) is 22.0 Å². The van der Waals surface area contributed by atoms with Crippen LogP contribution in [-0.4, -0.2) is 16.5 Å². The highest BCUT2D eigenvalue weighted by Crippen LogP contribution is 2.47. The molecule has 1 aromatic rings. The van der Waals surface area contributed by atoms with Crippen LogP contribution < -0.4 is 5.73 Å². The van der Waals surface area contributed by atoms with Gasteiger partial charge in [0.15, 0.2) is 0 Å². The zero-order valence-electron chi connectivity index (χ0n) is 11.3. The SMILES string of the molecule is CC1(C)CC(Sc2cc(N)ccc2Cl)C(C)(C)O1. The Labute approximate surface area is 118 Å². The van der Waals surface area contributed by atoms with Crippen molar-refractivity contribution in [2.75, 3.05) is 5.73 Å². The lowest BCUT2D eigenvalue weighted by Gasteiger charge is -2.27. The van der Waals surface area contributed by atoms with Gasteiger partial charge in [0, 0.05) is 15.8 Å². The summed E-state index contributed by atoms with van der Waals surface area (Å²) in [5.41, 5.74) is 6.34. The summed E-state index contributed by atoms with van der Waals surface area (Å²) in [6.07, 6.45) is 1.01. The number of benzene rings is 1. The fourth-order valence-corrected chi connectivity index (χ4v) is 4.22. The summed E-state index contributed by atoms with van der Waals surface area (Å²) in [6.45, 7) is 8.55. The van der Waals surface area contributed by atoms with Gasteiger partial charge >= 0.3 is 0 Å². The van der Waals surface area contributed by atoms with E-state index in [1.807, 2.05) is 18.2 Å². The standard InChI is InChI=1S/C14H20ClNOS/c1-13(2)8-12(14(3,4)17-13)18-11-7-9(16)5-6-10(11)15/h5-7,12H,8,16H2,1-4H3. The number of nitrogen functional groups attached to an aromatic ring is 1. The minimum atomic E-state index is -0.151. The monoisotopic (exact) mass is 285 g/mol. The van der Waals surface area contributed by atoms with Gasteiger partial charge in [-0.05, 0) is 52.3 Å². The Morgan fingerprint density at radius 2 is 2.00 bits per heavy atom. The second-order valence-corrected chi connectivity index (χ2v) is 7.62. The van der Waals surface area contributed by atoms with Gasteiger partial charge in [0.2, 0.25) is 0 Å². The molecule has 0 radical (unpaired) electrons. The van der Waals surface area contributed by atoms with Crippen LogP contribution in [0.3, 0.4) is 0 Å². The van der Waals surface area contributed by atoms with Gasteiger partial charge in [-0.3, -0.25) is 0 Å². The van der Waals surface area contributed by atoms with Crippen LogP contribution in [-0.2, 0) is 4.74 Å². The quantitative estimate of drug-likeness (QED) is 0.820. The number of halogens is 1. The lowest BCUT2D eigenvalue weighted by Crippen LogP contribution is -2.30. The van der Waals surface area contributed by atoms with Crippen molar-refractivity contribution < 1.29 is 4.74 Å². The van der Waals surface area contributed by atoms with E-state index in [4.69, 9.17) is 22.1 Å². The molecule has 0 aliphatic carbocycles. The molecule has 1 fully saturated rings. The molecule has 1 aliphatic rings. The molecule has 1 saturated heterocycles. The van der Waals surface area contributed by atoms with Crippen molar-refractivity contribution in [1.82, 2.24) is 0 Å². The predicted octanol–water partition coefficient (Wildman–Crippen LogP) is 4.36. The summed E-state index contributed by atoms with van der Waals surface area (Å²) in [5.74, 6) is 0. The third-order valence-corrected chi connectivity index (χ3v) is 5.27. The van der Waals surface area contributed by atoms with Gasteiger partial charge in [-0.2, -0.15) is 0 Å². The number of ether oxygens (including phenoxy) is 1. The molecule has 1 aliphatic heterocycles. The molecule has 1 aromatic carbocycles. The minimum Gasteiger partial charge on any atom is -0.399 e. The molecular weight excluding hydrogens is 266 g/mol. The Morgan fingerprint density at radius 3 is 2.56 bits per heavy atom. The highest BCUT2D eigenvalue weighted by molar-refractivity contribution is 8.00. The highest BCUT2D eigenvalue weighted by atomic mass is 35.5. The summed E-state index contributed by atoms with van der Waals surface area (Å²) in [4.78, 5) is 1.04. The highest BCUT2D eigenvalue weighted by Gasteiger charge is 2.46. The lowest BCUT2D eigenvalue weighted by atomic mass is 10.0. The minimum absolute atomic E-state index is 0.0754. The summed E-state index contributed by atoms with van der Waals surface area (Å²) in [7, 11) is 0. The molecule has 0 amide bonds. The lowest BCUT2D eigenvalue weighted by molar-refractivity contribution is -0.0631. The zero-order chi connectivity index (χ0) is 13.6. The van der Waals surface area contributed by atoms with E-state index in [2.05, 4.69) is 27.7 Å². The van der Waals surface area contributed by atoms with E-state index in [0.29, 0.717) is 5.25 Å². The Balaban J connectivity index is 2.21. The second-order valence-electron chi connectivity index (χ2n) is 5.97. The fourth-order valence-electron chi connectivity index (χ4n) is 2.46. The van der Waals surface area contributed by atoms with Crippen molar-refractivity contribution >= 4 is 29.1 Å². The van der Waals surface area contributed by atoms with Gasteiger partial charge in [-0.1, -0.05) is 11.6 Å². The number of hydrogen-bond donors (Lipinski definition) is 1. The van der Waals surface area contributed by atoms with E-state index in [9.17, 15) is 0 Å². The molecule has 2 nitrogen and oxygen atoms in total. The molecule has 18 heavy (non-hydrogen) atoms. The van der Waals surface area contributed by atoms with Gasteiger partial charge in [-0.15, -0.1) is 11.8 Å². The zero-order valence-corrected chi connectivity index (χ0v) is 12.9. The maximum atomic E-state index is 6.22. The van der Waals surface area contributed by atoms with Crippen LogP contribution in [0, 0.1) is 0 Å². The fraction of sp³-hybridized carbons (Fsp3) is 0.571. The van der Waals surface area contributed by atoms with E-state index in [1.165, 1.54) is 0 Å². The molecule has 0 saturated carbocycles. The number of nitrogens with two attached hydrogens (primary N) is 1. The molecule has 1 unspecified atom stereocenters. The second kappa shape index (κ2) is 4.62. The molecular formula is C14H20ClNOS. The smallest absolute Gasteiger partial charge is 0.0756 e. The molecule has 100 valence electrons. The number of thioether (sulfide) groups is 1. The first-order valence-electron chi connectivity index (χ1n) is 6.11. The molecule has 2 N–H and O–H groups in total. The molecule has 1 heterocycles. The summed E-state index contributed by atoms with van der Waals surface area (Å²) in [5, 5.41) is 1.14. The van der Waals surface area contributed by atoms with Crippen molar-refractivity contribution in [2.24, 2.45) is 0 Å². The van der Waals surface area contributed by atoms with Gasteiger partial charge in [-0.25, -0.2) is 0 Å². The third-order valence-electron chi connectivity index (χ3n) is 3.22. The van der Waals surface area contributed by atoms with Crippen LogP contribution in [0.25, 0.3) is 0 Å². The van der Waals surface area contributed by atoms with Crippen molar-refractivity contribution in [2.45, 2.75) is 55.5 Å². The number of anilines is 1. The molecule has 0 spiro atoms. The Hall–Kier alpha value is -0.380. The van der Waals surface area contributed by atoms with Crippen LogP contribution in [0.1, 0.15) is 34.1 Å². The van der Waals surface area contributed by atoms with Crippen molar-refractivity contribution in [1.29, 1.82) is 0 Å². The van der Waals surface area contributed by atoms with E-state index >= 15 is 0 Å². The van der Waals surface area contributed by atoms with Crippen molar-refractivity contribution in [3.8, 4) is 0 Å². The van der Waals surface area contributed by atoms with E-state index in [1.54, 1.807) is 11.8 Å². The molecule has 2 rings (SSSR count). The van der Waals surface area contributed by atoms with Gasteiger partial charge < -0.3 is 10.5 Å². The van der Waals surface area contributed by atoms with Crippen molar-refractivity contribution in [3.63, 3.8) is 0 Å². The van der Waals surface area contributed by atoms with Gasteiger partial charge in [0.1, 0.15) is 0 Å². The first kappa shape index (κ1) is 14.0. The van der Waals surface area contributed by atoms with Crippen LogP contribution in [0.4, 0.5) is 5.69 Å². The van der Waals surface area contributed by atoms with Crippen LogP contribution in [0.15, 0.2) is 23.1 Å². The average Bonchev–Trinajstić information content (AvgIpc) is 2.40. The number of hydrogen-bond acceptors (Lipinski definition) is 3. The molecule has 1 atom stereocenters. The van der Waals surface area contributed by atoms with Crippen LogP contribution >= 0.6 is 23.4 Å². The van der Waals surface area contributed by atoms with Crippen LogP contribution in [0.5, 0.6) is 0 Å². The number of rotatable bonds is 2. The first-order valence-corrected chi connectivity index (χ1v) is 7.37. The summed E-state index contributed by atoms with van der Waals surface area (Å²) in [6, 6.07) is 5.62. The first-order chi connectivity index (χ1) is 8.20. The Kier molecular flexibility index (Phi) is 3.60. The predicted molar refractivity (Wildman–Crippen MR) is 79.4 cm³/mol. The third kappa shape index (κ3) is 2.95. The molecule has 4 heteroatoms. The van der Waals surface area contributed by atoms with Crippen molar-refractivity contribution in [3.05, 3.63) is 23.2 Å². The Bertz CT molecular complexity index is 459. The topological polar surface area (TPSA) is 35.2 Å². The normalized spacial score (nSPS) is 25.3.